The van der Waals surface area contributed by atoms with Gasteiger partial charge in [0.1, 0.15) is 0 Å². The van der Waals surface area contributed by atoms with Gasteiger partial charge >= 0.3 is 0 Å². The molecular formula is C11H26N2O2. The molecule has 0 aliphatic rings. The first-order valence-corrected chi connectivity index (χ1v) is 5.71. The highest BCUT2D eigenvalue weighted by atomic mass is 16.3. The minimum atomic E-state index is -0.379. The topological polar surface area (TPSA) is 55.7 Å². The second-order valence-electron chi connectivity index (χ2n) is 4.56. The van der Waals surface area contributed by atoms with Crippen LogP contribution < -0.4 is 5.32 Å². The Kier molecular flexibility index (Phi) is 7.09. The Balaban J connectivity index is 3.78. The van der Waals surface area contributed by atoms with E-state index in [4.69, 9.17) is 5.11 Å². The Morgan fingerprint density at radius 1 is 1.27 bits per heavy atom. The van der Waals surface area contributed by atoms with Crippen LogP contribution >= 0.6 is 0 Å². The van der Waals surface area contributed by atoms with E-state index in [0.717, 1.165) is 13.1 Å². The highest BCUT2D eigenvalue weighted by molar-refractivity contribution is 4.78. The Morgan fingerprint density at radius 2 is 1.80 bits per heavy atom. The minimum Gasteiger partial charge on any atom is -0.394 e. The average Bonchev–Trinajstić information content (AvgIpc) is 2.23. The normalized spacial score (nSPS) is 14.6. The van der Waals surface area contributed by atoms with Gasteiger partial charge in [0.05, 0.1) is 12.7 Å². The fraction of sp³-hybridized carbons (Fsp3) is 1.00. The van der Waals surface area contributed by atoms with Crippen molar-refractivity contribution in [1.29, 1.82) is 0 Å². The van der Waals surface area contributed by atoms with Crippen molar-refractivity contribution in [3.8, 4) is 0 Å². The molecule has 3 N–H and O–H groups in total. The van der Waals surface area contributed by atoms with Crippen molar-refractivity contribution in [2.75, 3.05) is 32.8 Å². The van der Waals surface area contributed by atoms with E-state index in [1.165, 1.54) is 0 Å². The second kappa shape index (κ2) is 7.17. The summed E-state index contributed by atoms with van der Waals surface area (Å²) in [7, 11) is 0. The molecule has 0 bridgehead atoms. The molecule has 0 saturated heterocycles. The molecule has 0 aliphatic heterocycles. The Hall–Kier alpha value is -0.160. The van der Waals surface area contributed by atoms with Gasteiger partial charge in [0.25, 0.3) is 0 Å². The zero-order valence-electron chi connectivity index (χ0n) is 10.5. The van der Waals surface area contributed by atoms with E-state index in [-0.39, 0.29) is 18.2 Å². The second-order valence-corrected chi connectivity index (χ2v) is 4.56. The molecule has 0 aromatic heterocycles. The van der Waals surface area contributed by atoms with Gasteiger partial charge in [0, 0.05) is 18.6 Å². The molecule has 4 heteroatoms. The fourth-order valence-corrected chi connectivity index (χ4v) is 1.29. The van der Waals surface area contributed by atoms with E-state index in [0.29, 0.717) is 13.1 Å². The van der Waals surface area contributed by atoms with Crippen molar-refractivity contribution in [3.63, 3.8) is 0 Å². The first-order chi connectivity index (χ1) is 6.95. The number of rotatable bonds is 8. The summed E-state index contributed by atoms with van der Waals surface area (Å²) >= 11 is 0. The van der Waals surface area contributed by atoms with Crippen LogP contribution in [-0.2, 0) is 0 Å². The quantitative estimate of drug-likeness (QED) is 0.539. The average molecular weight is 218 g/mol. The number of nitrogens with one attached hydrogen (secondary N) is 1. The largest absolute Gasteiger partial charge is 0.394 e. The smallest absolute Gasteiger partial charge is 0.0791 e. The van der Waals surface area contributed by atoms with Gasteiger partial charge < -0.3 is 20.4 Å². The lowest BCUT2D eigenvalue weighted by Crippen LogP contribution is -2.48. The van der Waals surface area contributed by atoms with Gasteiger partial charge in [0.15, 0.2) is 0 Å². The van der Waals surface area contributed by atoms with Crippen LogP contribution in [0.15, 0.2) is 0 Å². The van der Waals surface area contributed by atoms with Crippen LogP contribution in [0.1, 0.15) is 27.7 Å². The van der Waals surface area contributed by atoms with E-state index < -0.39 is 0 Å². The Morgan fingerprint density at radius 3 is 2.20 bits per heavy atom. The summed E-state index contributed by atoms with van der Waals surface area (Å²) in [6.45, 7) is 11.2. The minimum absolute atomic E-state index is 0.0744. The van der Waals surface area contributed by atoms with E-state index in [9.17, 15) is 5.11 Å². The maximum absolute atomic E-state index is 9.75. The molecule has 4 nitrogen and oxygen atoms in total. The number of nitrogens with zero attached hydrogens (tertiary/aromatic N) is 1. The monoisotopic (exact) mass is 218 g/mol. The van der Waals surface area contributed by atoms with E-state index in [2.05, 4.69) is 24.1 Å². The predicted molar refractivity (Wildman–Crippen MR) is 63.0 cm³/mol. The van der Waals surface area contributed by atoms with Crippen LogP contribution in [0.25, 0.3) is 0 Å². The standard InChI is InChI=1S/C11H26N2O2/c1-5-13(6-2)8-10(15)7-12-11(3,4)9-14/h10,12,14-15H,5-9H2,1-4H3. The van der Waals surface area contributed by atoms with Crippen LogP contribution in [-0.4, -0.2) is 59.5 Å². The maximum Gasteiger partial charge on any atom is 0.0791 e. The summed E-state index contributed by atoms with van der Waals surface area (Å²) in [6.07, 6.45) is -0.379. The van der Waals surface area contributed by atoms with Gasteiger partial charge in [-0.2, -0.15) is 0 Å². The molecule has 0 radical (unpaired) electrons. The molecular weight excluding hydrogens is 192 g/mol. The third-order valence-electron chi connectivity index (χ3n) is 2.57. The van der Waals surface area contributed by atoms with Crippen LogP contribution in [0.4, 0.5) is 0 Å². The molecule has 0 spiro atoms. The molecule has 0 rings (SSSR count). The molecule has 15 heavy (non-hydrogen) atoms. The fourth-order valence-electron chi connectivity index (χ4n) is 1.29. The molecule has 0 saturated carbocycles. The SMILES string of the molecule is CCN(CC)CC(O)CNC(C)(C)CO. The van der Waals surface area contributed by atoms with Crippen molar-refractivity contribution >= 4 is 0 Å². The van der Waals surface area contributed by atoms with Gasteiger partial charge in [-0.3, -0.25) is 0 Å². The summed E-state index contributed by atoms with van der Waals surface area (Å²) in [6, 6.07) is 0. The molecule has 0 heterocycles. The Labute approximate surface area is 93.3 Å². The molecule has 0 aliphatic carbocycles. The summed E-state index contributed by atoms with van der Waals surface area (Å²) in [4.78, 5) is 2.18. The third kappa shape index (κ3) is 6.84. The third-order valence-corrected chi connectivity index (χ3v) is 2.57. The van der Waals surface area contributed by atoms with Crippen LogP contribution in [0, 0.1) is 0 Å². The predicted octanol–water partition coefficient (Wildman–Crippen LogP) is 0.0496. The van der Waals surface area contributed by atoms with Crippen molar-refractivity contribution in [2.45, 2.75) is 39.3 Å². The molecule has 1 unspecified atom stereocenters. The maximum atomic E-state index is 9.75. The molecule has 0 amide bonds. The number of aliphatic hydroxyl groups excluding tert-OH is 2. The number of hydrogen-bond donors (Lipinski definition) is 3. The van der Waals surface area contributed by atoms with Gasteiger partial charge in [-0.1, -0.05) is 13.8 Å². The lowest BCUT2D eigenvalue weighted by molar-refractivity contribution is 0.0994. The van der Waals surface area contributed by atoms with E-state index in [1.54, 1.807) is 0 Å². The van der Waals surface area contributed by atoms with Gasteiger partial charge in [-0.15, -0.1) is 0 Å². The molecule has 0 aromatic carbocycles. The van der Waals surface area contributed by atoms with E-state index in [1.807, 2.05) is 13.8 Å². The molecule has 0 fully saturated rings. The molecule has 92 valence electrons. The highest BCUT2D eigenvalue weighted by Gasteiger charge is 2.17. The molecule has 0 aromatic rings. The van der Waals surface area contributed by atoms with E-state index >= 15 is 0 Å². The number of β-amino-alcohol motifs (C(OH)–C–C–N with tert-alkyl or cyclic N) is 1. The first kappa shape index (κ1) is 14.8. The van der Waals surface area contributed by atoms with Crippen LogP contribution in [0.5, 0.6) is 0 Å². The number of likely N-dealkylation sites (N-methyl/N-ethyl adjacent to an activating group) is 1. The van der Waals surface area contributed by atoms with Crippen molar-refractivity contribution < 1.29 is 10.2 Å². The summed E-state index contributed by atoms with van der Waals surface area (Å²) in [5.41, 5.74) is -0.315. The first-order valence-electron chi connectivity index (χ1n) is 5.71. The Bertz CT molecular complexity index is 159. The summed E-state index contributed by atoms with van der Waals surface area (Å²) < 4.78 is 0. The highest BCUT2D eigenvalue weighted by Crippen LogP contribution is 2.00. The van der Waals surface area contributed by atoms with Gasteiger partial charge in [-0.25, -0.2) is 0 Å². The van der Waals surface area contributed by atoms with Crippen molar-refractivity contribution in [3.05, 3.63) is 0 Å². The van der Waals surface area contributed by atoms with Gasteiger partial charge in [0.2, 0.25) is 0 Å². The van der Waals surface area contributed by atoms with Crippen molar-refractivity contribution in [2.24, 2.45) is 0 Å². The summed E-state index contributed by atoms with van der Waals surface area (Å²) in [5.74, 6) is 0. The molecule has 1 atom stereocenters. The lowest BCUT2D eigenvalue weighted by atomic mass is 10.1. The number of aliphatic hydroxyl groups is 2. The summed E-state index contributed by atoms with van der Waals surface area (Å²) in [5, 5.41) is 21.9. The van der Waals surface area contributed by atoms with Crippen LogP contribution in [0.3, 0.4) is 0 Å². The lowest BCUT2D eigenvalue weighted by Gasteiger charge is -2.27. The zero-order chi connectivity index (χ0) is 11.9. The van der Waals surface area contributed by atoms with Crippen molar-refractivity contribution in [1.82, 2.24) is 10.2 Å². The van der Waals surface area contributed by atoms with Crippen LogP contribution in [0.2, 0.25) is 0 Å². The van der Waals surface area contributed by atoms with Gasteiger partial charge in [-0.05, 0) is 26.9 Å². The number of hydrogen-bond acceptors (Lipinski definition) is 4. The zero-order valence-corrected chi connectivity index (χ0v) is 10.5.